The van der Waals surface area contributed by atoms with Crippen LogP contribution < -0.4 is 10.5 Å². The molecule has 3 aliphatic heterocycles. The first-order valence-electron chi connectivity index (χ1n) is 10.1. The van der Waals surface area contributed by atoms with Crippen molar-refractivity contribution in [2.75, 3.05) is 13.1 Å². The van der Waals surface area contributed by atoms with Crippen LogP contribution in [0.1, 0.15) is 60.5 Å². The summed E-state index contributed by atoms with van der Waals surface area (Å²) in [6.07, 6.45) is 3.12. The fraction of sp³-hybridized carbons (Fsp3) is 0.545. The number of carbonyl (C=O) groups is 2. The highest BCUT2D eigenvalue weighted by Gasteiger charge is 2.45. The molecule has 0 aromatic heterocycles. The molecule has 4 unspecified atom stereocenters. The van der Waals surface area contributed by atoms with Crippen molar-refractivity contribution in [2.24, 2.45) is 5.73 Å². The van der Waals surface area contributed by atoms with Crippen LogP contribution >= 0.6 is 0 Å². The molecule has 1 amide bonds. The summed E-state index contributed by atoms with van der Waals surface area (Å²) in [7, 11) is 0. The number of fused-ring (bicyclic) bond motifs is 5. The highest BCUT2D eigenvalue weighted by Crippen LogP contribution is 2.47. The standard InChI is InChI=1S/C22H28N2O4/c1-12(2)7-9-24-10-8-14-19-13-3-4-15(22(23)27)21(19)28-20(14)18(26)6-5-17(25)16(24)11-13/h3-4,7,14,16-17,20,25H,5-6,8-11H2,1-2H3,(H2,23,27). The van der Waals surface area contributed by atoms with Crippen molar-refractivity contribution >= 4 is 11.7 Å². The topological polar surface area (TPSA) is 92.9 Å². The van der Waals surface area contributed by atoms with Crippen LogP contribution in [0.5, 0.6) is 5.75 Å². The average Bonchev–Trinajstić information content (AvgIpc) is 3.01. The number of hydrogen-bond donors (Lipinski definition) is 2. The number of aliphatic hydroxyl groups excluding tert-OH is 1. The number of nitrogens with two attached hydrogens (primary N) is 1. The molecule has 4 aliphatic rings. The molecule has 3 N–H and O–H groups in total. The van der Waals surface area contributed by atoms with E-state index in [0.29, 0.717) is 24.2 Å². The molecule has 6 nitrogen and oxygen atoms in total. The van der Waals surface area contributed by atoms with Crippen LogP contribution in [-0.2, 0) is 11.2 Å². The van der Waals surface area contributed by atoms with Gasteiger partial charge in [0, 0.05) is 30.5 Å². The quantitative estimate of drug-likeness (QED) is 0.777. The van der Waals surface area contributed by atoms with Crippen molar-refractivity contribution < 1.29 is 19.4 Å². The summed E-state index contributed by atoms with van der Waals surface area (Å²) in [4.78, 5) is 27.1. The number of primary amides is 1. The second-order valence-electron chi connectivity index (χ2n) is 8.43. The van der Waals surface area contributed by atoms with Crippen molar-refractivity contribution in [1.82, 2.24) is 4.90 Å². The average molecular weight is 384 g/mol. The Balaban J connectivity index is 1.83. The first-order valence-corrected chi connectivity index (χ1v) is 10.1. The van der Waals surface area contributed by atoms with Crippen LogP contribution in [0.4, 0.5) is 0 Å². The van der Waals surface area contributed by atoms with Gasteiger partial charge in [-0.3, -0.25) is 14.5 Å². The molecule has 4 bridgehead atoms. The molecule has 4 atom stereocenters. The molecule has 1 saturated heterocycles. The summed E-state index contributed by atoms with van der Waals surface area (Å²) in [5, 5.41) is 10.9. The minimum Gasteiger partial charge on any atom is -0.481 e. The van der Waals surface area contributed by atoms with Gasteiger partial charge in [-0.25, -0.2) is 0 Å². The van der Waals surface area contributed by atoms with E-state index in [1.165, 1.54) is 5.57 Å². The van der Waals surface area contributed by atoms with E-state index in [9.17, 15) is 14.7 Å². The zero-order valence-corrected chi connectivity index (χ0v) is 16.5. The molecule has 1 aromatic rings. The van der Waals surface area contributed by atoms with Crippen molar-refractivity contribution in [3.63, 3.8) is 0 Å². The summed E-state index contributed by atoms with van der Waals surface area (Å²) in [5.74, 6) is -0.119. The smallest absolute Gasteiger partial charge is 0.252 e. The molecule has 3 heterocycles. The number of ether oxygens (including phenoxy) is 1. The van der Waals surface area contributed by atoms with Crippen molar-refractivity contribution in [3.8, 4) is 5.75 Å². The molecular weight excluding hydrogens is 356 g/mol. The highest BCUT2D eigenvalue weighted by molar-refractivity contribution is 5.97. The van der Waals surface area contributed by atoms with Crippen molar-refractivity contribution in [2.45, 2.75) is 63.7 Å². The van der Waals surface area contributed by atoms with Gasteiger partial charge in [-0.2, -0.15) is 0 Å². The molecular formula is C22H28N2O4. The summed E-state index contributed by atoms with van der Waals surface area (Å²) >= 11 is 0. The Morgan fingerprint density at radius 1 is 1.36 bits per heavy atom. The van der Waals surface area contributed by atoms with Gasteiger partial charge in [0.15, 0.2) is 11.9 Å². The van der Waals surface area contributed by atoms with Crippen LogP contribution in [0.25, 0.3) is 0 Å². The Bertz CT molecular complexity index is 843. The van der Waals surface area contributed by atoms with E-state index in [1.54, 1.807) is 6.07 Å². The molecule has 0 spiro atoms. The largest absolute Gasteiger partial charge is 0.481 e. The number of rotatable bonds is 3. The summed E-state index contributed by atoms with van der Waals surface area (Å²) in [5.41, 5.74) is 9.15. The number of nitrogens with zero attached hydrogens (tertiary/aromatic N) is 1. The molecule has 1 fully saturated rings. The lowest BCUT2D eigenvalue weighted by molar-refractivity contribution is -0.127. The molecule has 6 heteroatoms. The zero-order valence-electron chi connectivity index (χ0n) is 16.5. The third kappa shape index (κ3) is 3.25. The predicted octanol–water partition coefficient (Wildman–Crippen LogP) is 1.94. The minimum atomic E-state index is -0.596. The van der Waals surface area contributed by atoms with Crippen LogP contribution in [0, 0.1) is 0 Å². The number of benzene rings is 1. The van der Waals surface area contributed by atoms with Gasteiger partial charge in [-0.05, 0) is 51.3 Å². The molecule has 5 rings (SSSR count). The maximum absolute atomic E-state index is 12.9. The Morgan fingerprint density at radius 3 is 2.86 bits per heavy atom. The first kappa shape index (κ1) is 19.2. The minimum absolute atomic E-state index is 0.0000175. The SMILES string of the molecule is CC(C)=CCN1CCC2c3c4ccc(C(N)=O)c3OC2C(=O)CCC(O)C1C4. The lowest BCUT2D eigenvalue weighted by Gasteiger charge is -2.39. The lowest BCUT2D eigenvalue weighted by Crippen LogP contribution is -2.49. The molecule has 150 valence electrons. The maximum Gasteiger partial charge on any atom is 0.252 e. The van der Waals surface area contributed by atoms with Crippen molar-refractivity contribution in [1.29, 1.82) is 0 Å². The normalized spacial score (nSPS) is 29.2. The summed E-state index contributed by atoms with van der Waals surface area (Å²) in [6, 6.07) is 3.54. The predicted molar refractivity (Wildman–Crippen MR) is 105 cm³/mol. The van der Waals surface area contributed by atoms with Gasteiger partial charge in [0.05, 0.1) is 11.7 Å². The number of allylic oxidation sites excluding steroid dienone is 1. The Kier molecular flexibility index (Phi) is 5.02. The second-order valence-corrected chi connectivity index (χ2v) is 8.43. The number of Topliss-reactive ketones (excluding diaryl/α,β-unsaturated/α-hetero) is 1. The number of aliphatic hydroxyl groups is 1. The third-order valence-corrected chi connectivity index (χ3v) is 6.34. The fourth-order valence-electron chi connectivity index (χ4n) is 4.85. The number of ketones is 1. The summed E-state index contributed by atoms with van der Waals surface area (Å²) < 4.78 is 6.07. The molecule has 0 saturated carbocycles. The van der Waals surface area contributed by atoms with E-state index < -0.39 is 18.1 Å². The summed E-state index contributed by atoms with van der Waals surface area (Å²) in [6.45, 7) is 5.69. The van der Waals surface area contributed by atoms with Gasteiger partial charge in [0.1, 0.15) is 5.75 Å². The van der Waals surface area contributed by atoms with Gasteiger partial charge in [-0.15, -0.1) is 0 Å². The molecule has 0 radical (unpaired) electrons. The van der Waals surface area contributed by atoms with Crippen molar-refractivity contribution in [3.05, 3.63) is 40.5 Å². The Morgan fingerprint density at radius 2 is 2.14 bits per heavy atom. The Hall–Kier alpha value is -2.18. The fourth-order valence-corrected chi connectivity index (χ4v) is 4.85. The number of amides is 1. The van der Waals surface area contributed by atoms with Gasteiger partial charge >= 0.3 is 0 Å². The van der Waals surface area contributed by atoms with Crippen LogP contribution in [0.2, 0.25) is 0 Å². The van der Waals surface area contributed by atoms with E-state index in [0.717, 1.165) is 30.6 Å². The van der Waals surface area contributed by atoms with Crippen LogP contribution in [-0.4, -0.2) is 53.0 Å². The molecule has 1 aromatic carbocycles. The first-order chi connectivity index (χ1) is 13.4. The third-order valence-electron chi connectivity index (χ3n) is 6.34. The number of carbonyl (C=O) groups excluding carboxylic acids is 2. The zero-order chi connectivity index (χ0) is 20.0. The second kappa shape index (κ2) is 7.33. The van der Waals surface area contributed by atoms with Gasteiger partial charge in [-0.1, -0.05) is 17.7 Å². The van der Waals surface area contributed by atoms with Gasteiger partial charge < -0.3 is 15.6 Å². The van der Waals surface area contributed by atoms with E-state index in [-0.39, 0.29) is 24.2 Å². The van der Waals surface area contributed by atoms with Gasteiger partial charge in [0.25, 0.3) is 5.91 Å². The molecule has 1 aliphatic carbocycles. The lowest BCUT2D eigenvalue weighted by atomic mass is 9.79. The van der Waals surface area contributed by atoms with E-state index in [2.05, 4.69) is 24.8 Å². The maximum atomic E-state index is 12.9. The van der Waals surface area contributed by atoms with E-state index >= 15 is 0 Å². The highest BCUT2D eigenvalue weighted by atomic mass is 16.5. The molecule has 28 heavy (non-hydrogen) atoms. The van der Waals surface area contributed by atoms with Crippen LogP contribution in [0.3, 0.4) is 0 Å². The number of hydrogen-bond acceptors (Lipinski definition) is 5. The van der Waals surface area contributed by atoms with E-state index in [4.69, 9.17) is 10.5 Å². The monoisotopic (exact) mass is 384 g/mol. The van der Waals surface area contributed by atoms with E-state index in [1.807, 2.05) is 6.07 Å². The van der Waals surface area contributed by atoms with Gasteiger partial charge in [0.2, 0.25) is 0 Å². The Labute approximate surface area is 165 Å². The van der Waals surface area contributed by atoms with Crippen LogP contribution in [0.15, 0.2) is 23.8 Å².